The summed E-state index contributed by atoms with van der Waals surface area (Å²) >= 11 is 12.6. The molecule has 0 radical (unpaired) electrons. The topological polar surface area (TPSA) is 46.6 Å². The zero-order valence-electron chi connectivity index (χ0n) is 19.4. The molecule has 0 spiro atoms. The Kier molecular flexibility index (Phi) is 6.64. The zero-order valence-corrected chi connectivity index (χ0v) is 20.9. The van der Waals surface area contributed by atoms with Crippen molar-refractivity contribution in [1.82, 2.24) is 0 Å². The molecule has 0 aromatic heterocycles. The van der Waals surface area contributed by atoms with Gasteiger partial charge in [-0.25, -0.2) is 4.79 Å². The van der Waals surface area contributed by atoms with Gasteiger partial charge >= 0.3 is 5.97 Å². The Labute approximate surface area is 219 Å². The number of nitrogens with zero attached hydrogens (tertiary/aromatic N) is 1. The number of ether oxygens (including phenoxy) is 1. The van der Waals surface area contributed by atoms with E-state index in [2.05, 4.69) is 0 Å². The number of carbonyl (C=O) groups excluding carboxylic acids is 2. The third kappa shape index (κ3) is 4.53. The monoisotopic (exact) mass is 513 g/mol. The number of anilines is 1. The minimum atomic E-state index is -0.425. The molecule has 1 aliphatic rings. The highest BCUT2D eigenvalue weighted by atomic mass is 35.5. The maximum absolute atomic E-state index is 14.1. The molecule has 0 atom stereocenters. The maximum atomic E-state index is 14.1. The summed E-state index contributed by atoms with van der Waals surface area (Å²) in [5.74, 6) is -0.573. The van der Waals surface area contributed by atoms with Crippen LogP contribution in [0.3, 0.4) is 0 Å². The van der Waals surface area contributed by atoms with Crippen LogP contribution in [0.2, 0.25) is 10.0 Å². The number of methoxy groups -OCH3 is 1. The third-order valence-electron chi connectivity index (χ3n) is 6.11. The predicted octanol–water partition coefficient (Wildman–Crippen LogP) is 7.29. The van der Waals surface area contributed by atoms with E-state index in [1.807, 2.05) is 72.8 Å². The number of hydrogen-bond donors (Lipinski definition) is 0. The summed E-state index contributed by atoms with van der Waals surface area (Å²) in [6.07, 6.45) is 0. The summed E-state index contributed by atoms with van der Waals surface area (Å²) in [6, 6.07) is 29.8. The van der Waals surface area contributed by atoms with Gasteiger partial charge in [0.15, 0.2) is 0 Å². The molecule has 0 saturated carbocycles. The van der Waals surface area contributed by atoms with Gasteiger partial charge < -0.3 is 9.64 Å². The lowest BCUT2D eigenvalue weighted by Crippen LogP contribution is -2.26. The van der Waals surface area contributed by atoms with Crippen molar-refractivity contribution in [3.05, 3.63) is 135 Å². The molecule has 4 aromatic carbocycles. The molecule has 4 aromatic rings. The lowest BCUT2D eigenvalue weighted by Gasteiger charge is -2.18. The van der Waals surface area contributed by atoms with Crippen LogP contribution in [0.15, 0.2) is 97.1 Å². The summed E-state index contributed by atoms with van der Waals surface area (Å²) in [5, 5.41) is 1.15. The van der Waals surface area contributed by atoms with Gasteiger partial charge in [-0.05, 0) is 59.2 Å². The van der Waals surface area contributed by atoms with Crippen molar-refractivity contribution in [3.63, 3.8) is 0 Å². The second kappa shape index (κ2) is 10.0. The summed E-state index contributed by atoms with van der Waals surface area (Å²) in [5.41, 5.74) is 5.88. The zero-order chi connectivity index (χ0) is 25.2. The first kappa shape index (κ1) is 23.9. The highest BCUT2D eigenvalue weighted by molar-refractivity contribution is 6.40. The van der Waals surface area contributed by atoms with E-state index < -0.39 is 5.97 Å². The average Bonchev–Trinajstić information content (AvgIpc) is 3.16. The van der Waals surface area contributed by atoms with Crippen molar-refractivity contribution < 1.29 is 14.3 Å². The molecule has 5 rings (SSSR count). The van der Waals surface area contributed by atoms with E-state index in [1.54, 1.807) is 29.2 Å². The first-order chi connectivity index (χ1) is 17.5. The van der Waals surface area contributed by atoms with Crippen molar-refractivity contribution >= 4 is 51.9 Å². The van der Waals surface area contributed by atoms with Gasteiger partial charge in [0.05, 0.1) is 30.5 Å². The molecule has 178 valence electrons. The fourth-order valence-electron chi connectivity index (χ4n) is 4.48. The van der Waals surface area contributed by atoms with E-state index in [4.69, 9.17) is 27.9 Å². The minimum Gasteiger partial charge on any atom is -0.465 e. The van der Waals surface area contributed by atoms with Gasteiger partial charge in [-0.15, -0.1) is 0 Å². The molecule has 0 bridgehead atoms. The van der Waals surface area contributed by atoms with Crippen LogP contribution in [0.1, 0.15) is 32.6 Å². The molecule has 6 heteroatoms. The molecule has 1 aliphatic heterocycles. The van der Waals surface area contributed by atoms with E-state index >= 15 is 0 Å². The second-order valence-corrected chi connectivity index (χ2v) is 9.24. The first-order valence-corrected chi connectivity index (χ1v) is 12.1. The largest absolute Gasteiger partial charge is 0.465 e. The van der Waals surface area contributed by atoms with E-state index in [-0.39, 0.29) is 12.5 Å². The van der Waals surface area contributed by atoms with E-state index in [9.17, 15) is 9.59 Å². The quantitative estimate of drug-likeness (QED) is 0.208. The normalized spacial score (nSPS) is 14.0. The Bertz CT molecular complexity index is 1490. The van der Waals surface area contributed by atoms with Crippen molar-refractivity contribution in [1.29, 1.82) is 0 Å². The Morgan fingerprint density at radius 1 is 0.778 bits per heavy atom. The van der Waals surface area contributed by atoms with Crippen LogP contribution in [0, 0.1) is 0 Å². The van der Waals surface area contributed by atoms with Gasteiger partial charge in [-0.2, -0.15) is 0 Å². The summed E-state index contributed by atoms with van der Waals surface area (Å²) in [6.45, 7) is 0.282. The molecule has 0 aliphatic carbocycles. The van der Waals surface area contributed by atoms with E-state index in [0.29, 0.717) is 21.2 Å². The Hall–Kier alpha value is -3.86. The fraction of sp³-hybridized carbons (Fsp3) is 0.0667. The molecule has 1 amide bonds. The third-order valence-corrected chi connectivity index (χ3v) is 6.60. The summed E-state index contributed by atoms with van der Waals surface area (Å²) in [7, 11) is 1.35. The second-order valence-electron chi connectivity index (χ2n) is 8.37. The highest BCUT2D eigenvalue weighted by Crippen LogP contribution is 2.44. The van der Waals surface area contributed by atoms with Gasteiger partial charge in [0.2, 0.25) is 0 Å². The van der Waals surface area contributed by atoms with E-state index in [1.165, 1.54) is 7.11 Å². The molecular formula is C30H21Cl2NO3. The lowest BCUT2D eigenvalue weighted by molar-refractivity contribution is -0.113. The van der Waals surface area contributed by atoms with Crippen LogP contribution in [-0.2, 0) is 16.1 Å². The van der Waals surface area contributed by atoms with Crippen molar-refractivity contribution in [2.24, 2.45) is 0 Å². The molecular weight excluding hydrogens is 493 g/mol. The number of hydrogen-bond acceptors (Lipinski definition) is 3. The summed E-state index contributed by atoms with van der Waals surface area (Å²) < 4.78 is 4.86. The molecule has 4 nitrogen and oxygen atoms in total. The summed E-state index contributed by atoms with van der Waals surface area (Å²) in [4.78, 5) is 27.9. The Balaban J connectivity index is 1.69. The molecule has 1 heterocycles. The van der Waals surface area contributed by atoms with Gasteiger partial charge in [0, 0.05) is 21.2 Å². The number of halogens is 2. The highest BCUT2D eigenvalue weighted by Gasteiger charge is 2.35. The smallest absolute Gasteiger partial charge is 0.337 e. The van der Waals surface area contributed by atoms with Crippen LogP contribution < -0.4 is 4.90 Å². The van der Waals surface area contributed by atoms with Crippen molar-refractivity contribution in [2.75, 3.05) is 12.0 Å². The Morgan fingerprint density at radius 3 is 2.17 bits per heavy atom. The van der Waals surface area contributed by atoms with Gasteiger partial charge in [0.25, 0.3) is 5.91 Å². The molecule has 0 fully saturated rings. The lowest BCUT2D eigenvalue weighted by atomic mass is 9.90. The van der Waals surface area contributed by atoms with Crippen molar-refractivity contribution in [2.45, 2.75) is 6.54 Å². The van der Waals surface area contributed by atoms with E-state index in [0.717, 1.165) is 33.5 Å². The SMILES string of the molecule is COC(=O)c1cccc(CN2C(=O)/C(=C(\c3ccccc3)c3ccc(Cl)cc3)c3cc(Cl)ccc32)c1. The number of carbonyl (C=O) groups is 2. The minimum absolute atomic E-state index is 0.149. The number of amides is 1. The van der Waals surface area contributed by atoms with Crippen molar-refractivity contribution in [3.8, 4) is 0 Å². The van der Waals surface area contributed by atoms with Gasteiger partial charge in [0.1, 0.15) is 0 Å². The number of benzene rings is 4. The van der Waals surface area contributed by atoms with Crippen LogP contribution >= 0.6 is 23.2 Å². The van der Waals surface area contributed by atoms with Crippen LogP contribution in [0.25, 0.3) is 11.1 Å². The Morgan fingerprint density at radius 2 is 1.44 bits per heavy atom. The van der Waals surface area contributed by atoms with Crippen LogP contribution in [0.4, 0.5) is 5.69 Å². The number of esters is 1. The molecule has 0 saturated heterocycles. The fourth-order valence-corrected chi connectivity index (χ4v) is 4.77. The molecule has 36 heavy (non-hydrogen) atoms. The molecule has 0 unspecified atom stereocenters. The number of rotatable bonds is 5. The standard InChI is InChI=1S/C30H21Cl2NO3/c1-36-30(35)22-9-5-6-19(16-22)18-33-26-15-14-24(32)17-25(26)28(29(33)34)27(20-7-3-2-4-8-20)21-10-12-23(31)13-11-21/h2-17H,18H2,1H3/b28-27+. The van der Waals surface area contributed by atoms with Gasteiger partial charge in [-0.1, -0.05) is 77.8 Å². The van der Waals surface area contributed by atoms with Gasteiger partial charge in [-0.3, -0.25) is 4.79 Å². The predicted molar refractivity (Wildman–Crippen MR) is 144 cm³/mol. The maximum Gasteiger partial charge on any atom is 0.337 e. The average molecular weight is 514 g/mol. The van der Waals surface area contributed by atoms with Crippen LogP contribution in [-0.4, -0.2) is 19.0 Å². The number of fused-ring (bicyclic) bond motifs is 1. The first-order valence-electron chi connectivity index (χ1n) is 11.3. The van der Waals surface area contributed by atoms with Crippen LogP contribution in [0.5, 0.6) is 0 Å². The molecule has 0 N–H and O–H groups in total.